The van der Waals surface area contributed by atoms with Crippen LogP contribution < -0.4 is 0 Å². The molecule has 0 aliphatic rings. The summed E-state index contributed by atoms with van der Waals surface area (Å²) in [4.78, 5) is 0. The van der Waals surface area contributed by atoms with Gasteiger partial charge in [-0.2, -0.15) is 0 Å². The van der Waals surface area contributed by atoms with Gasteiger partial charge in [0.05, 0.1) is 19.3 Å². The monoisotopic (exact) mass is 384 g/mol. The van der Waals surface area contributed by atoms with Crippen molar-refractivity contribution in [2.24, 2.45) is 0 Å². The van der Waals surface area contributed by atoms with E-state index in [1.54, 1.807) is 7.11 Å². The molecular formula is C11H14BrIO2. The van der Waals surface area contributed by atoms with Crippen LogP contribution >= 0.6 is 38.5 Å². The first-order chi connectivity index (χ1) is 7.27. The SMILES string of the molecule is COCCOC(CI)c1ccc(Br)cc1. The minimum atomic E-state index is 0.161. The number of halogens is 2. The van der Waals surface area contributed by atoms with Gasteiger partial charge in [-0.1, -0.05) is 50.7 Å². The average Bonchev–Trinajstić information content (AvgIpc) is 2.26. The fourth-order valence-electron chi connectivity index (χ4n) is 1.18. The molecule has 0 N–H and O–H groups in total. The van der Waals surface area contributed by atoms with Gasteiger partial charge in [0, 0.05) is 16.0 Å². The summed E-state index contributed by atoms with van der Waals surface area (Å²) in [6, 6.07) is 8.24. The lowest BCUT2D eigenvalue weighted by atomic mass is 10.1. The third-order valence-electron chi connectivity index (χ3n) is 1.99. The fourth-order valence-corrected chi connectivity index (χ4v) is 2.21. The molecule has 2 nitrogen and oxygen atoms in total. The van der Waals surface area contributed by atoms with Crippen molar-refractivity contribution in [2.75, 3.05) is 24.8 Å². The normalized spacial score (nSPS) is 12.7. The van der Waals surface area contributed by atoms with Gasteiger partial charge >= 0.3 is 0 Å². The van der Waals surface area contributed by atoms with E-state index in [1.165, 1.54) is 5.56 Å². The topological polar surface area (TPSA) is 18.5 Å². The molecule has 0 aliphatic heterocycles. The van der Waals surface area contributed by atoms with E-state index in [9.17, 15) is 0 Å². The van der Waals surface area contributed by atoms with E-state index in [2.05, 4.69) is 50.7 Å². The summed E-state index contributed by atoms with van der Waals surface area (Å²) in [6.07, 6.45) is 0.161. The Morgan fingerprint density at radius 2 is 1.93 bits per heavy atom. The van der Waals surface area contributed by atoms with Gasteiger partial charge in [0.2, 0.25) is 0 Å². The molecule has 1 atom stereocenters. The molecule has 0 saturated carbocycles. The van der Waals surface area contributed by atoms with Gasteiger partial charge in [-0.15, -0.1) is 0 Å². The van der Waals surface area contributed by atoms with Gasteiger partial charge in [0.1, 0.15) is 0 Å². The third-order valence-corrected chi connectivity index (χ3v) is 3.32. The molecule has 4 heteroatoms. The largest absolute Gasteiger partial charge is 0.382 e. The molecule has 15 heavy (non-hydrogen) atoms. The summed E-state index contributed by atoms with van der Waals surface area (Å²) >= 11 is 5.75. The molecule has 0 saturated heterocycles. The number of methoxy groups -OCH3 is 1. The molecule has 0 amide bonds. The van der Waals surface area contributed by atoms with Gasteiger partial charge in [-0.3, -0.25) is 0 Å². The van der Waals surface area contributed by atoms with E-state index in [0.717, 1.165) is 8.90 Å². The number of ether oxygens (including phenoxy) is 2. The number of hydrogen-bond donors (Lipinski definition) is 0. The molecule has 1 aromatic carbocycles. The van der Waals surface area contributed by atoms with Gasteiger partial charge in [-0.25, -0.2) is 0 Å². The highest BCUT2D eigenvalue weighted by atomic mass is 127. The molecule has 1 rings (SSSR count). The minimum Gasteiger partial charge on any atom is -0.382 e. The van der Waals surface area contributed by atoms with Crippen LogP contribution in [0.1, 0.15) is 11.7 Å². The summed E-state index contributed by atoms with van der Waals surface area (Å²) in [7, 11) is 1.68. The van der Waals surface area contributed by atoms with Crippen LogP contribution in [0.4, 0.5) is 0 Å². The zero-order chi connectivity index (χ0) is 11.1. The Kier molecular flexibility index (Phi) is 6.79. The maximum absolute atomic E-state index is 5.71. The van der Waals surface area contributed by atoms with Crippen molar-refractivity contribution >= 4 is 38.5 Å². The van der Waals surface area contributed by atoms with Crippen molar-refractivity contribution in [3.63, 3.8) is 0 Å². The Morgan fingerprint density at radius 1 is 1.27 bits per heavy atom. The van der Waals surface area contributed by atoms with Crippen LogP contribution in [0.5, 0.6) is 0 Å². The molecule has 84 valence electrons. The van der Waals surface area contributed by atoms with Crippen molar-refractivity contribution in [1.82, 2.24) is 0 Å². The number of benzene rings is 1. The second-order valence-electron chi connectivity index (χ2n) is 3.06. The Bertz CT molecular complexity index is 276. The lowest BCUT2D eigenvalue weighted by Crippen LogP contribution is -2.10. The third kappa shape index (κ3) is 4.80. The van der Waals surface area contributed by atoms with Crippen molar-refractivity contribution < 1.29 is 9.47 Å². The summed E-state index contributed by atoms with van der Waals surface area (Å²) in [5.74, 6) is 0. The highest BCUT2D eigenvalue weighted by Gasteiger charge is 2.09. The maximum atomic E-state index is 5.71. The van der Waals surface area contributed by atoms with Crippen LogP contribution in [0, 0.1) is 0 Å². The molecular weight excluding hydrogens is 371 g/mol. The van der Waals surface area contributed by atoms with Crippen LogP contribution in [-0.2, 0) is 9.47 Å². The van der Waals surface area contributed by atoms with E-state index in [0.29, 0.717) is 13.2 Å². The molecule has 0 heterocycles. The minimum absolute atomic E-state index is 0.161. The predicted molar refractivity (Wildman–Crippen MR) is 73.6 cm³/mol. The average molecular weight is 385 g/mol. The molecule has 1 aromatic rings. The second-order valence-corrected chi connectivity index (χ2v) is 4.85. The van der Waals surface area contributed by atoms with Gasteiger partial charge in [0.25, 0.3) is 0 Å². The van der Waals surface area contributed by atoms with Crippen molar-refractivity contribution in [1.29, 1.82) is 0 Å². The Labute approximate surface area is 113 Å². The van der Waals surface area contributed by atoms with E-state index in [4.69, 9.17) is 9.47 Å². The molecule has 0 bridgehead atoms. The van der Waals surface area contributed by atoms with Crippen LogP contribution in [0.15, 0.2) is 28.7 Å². The number of hydrogen-bond acceptors (Lipinski definition) is 2. The molecule has 0 aromatic heterocycles. The van der Waals surface area contributed by atoms with E-state index >= 15 is 0 Å². The Balaban J connectivity index is 2.53. The van der Waals surface area contributed by atoms with Gasteiger partial charge in [-0.05, 0) is 17.7 Å². The highest BCUT2D eigenvalue weighted by Crippen LogP contribution is 2.21. The summed E-state index contributed by atoms with van der Waals surface area (Å²) in [6.45, 7) is 1.28. The molecule has 0 aliphatic carbocycles. The molecule has 1 unspecified atom stereocenters. The second kappa shape index (κ2) is 7.60. The Hall–Kier alpha value is 0.350. The summed E-state index contributed by atoms with van der Waals surface area (Å²) < 4.78 is 12.7. The zero-order valence-corrected chi connectivity index (χ0v) is 12.3. The predicted octanol–water partition coefficient (Wildman–Crippen LogP) is 3.59. The van der Waals surface area contributed by atoms with Crippen LogP contribution in [0.3, 0.4) is 0 Å². The van der Waals surface area contributed by atoms with E-state index in [-0.39, 0.29) is 6.10 Å². The first-order valence-electron chi connectivity index (χ1n) is 4.70. The fraction of sp³-hybridized carbons (Fsp3) is 0.455. The van der Waals surface area contributed by atoms with Crippen molar-refractivity contribution in [3.8, 4) is 0 Å². The summed E-state index contributed by atoms with van der Waals surface area (Å²) in [5, 5.41) is 0. The lowest BCUT2D eigenvalue weighted by molar-refractivity contribution is 0.0292. The van der Waals surface area contributed by atoms with E-state index in [1.807, 2.05) is 12.1 Å². The first-order valence-corrected chi connectivity index (χ1v) is 7.01. The van der Waals surface area contributed by atoms with Crippen LogP contribution in [0.2, 0.25) is 0 Å². The van der Waals surface area contributed by atoms with Gasteiger partial charge in [0.15, 0.2) is 0 Å². The van der Waals surface area contributed by atoms with Crippen molar-refractivity contribution in [2.45, 2.75) is 6.10 Å². The maximum Gasteiger partial charge on any atom is 0.0915 e. The van der Waals surface area contributed by atoms with Gasteiger partial charge < -0.3 is 9.47 Å². The van der Waals surface area contributed by atoms with Crippen molar-refractivity contribution in [3.05, 3.63) is 34.3 Å². The smallest absolute Gasteiger partial charge is 0.0915 e. The first kappa shape index (κ1) is 13.4. The lowest BCUT2D eigenvalue weighted by Gasteiger charge is -2.15. The Morgan fingerprint density at radius 3 is 2.47 bits per heavy atom. The standard InChI is InChI=1S/C11H14BrIO2/c1-14-6-7-15-11(8-13)9-2-4-10(12)5-3-9/h2-5,11H,6-8H2,1H3. The van der Waals surface area contributed by atoms with E-state index < -0.39 is 0 Å². The van der Waals surface area contributed by atoms with Crippen LogP contribution in [0.25, 0.3) is 0 Å². The molecule has 0 spiro atoms. The summed E-state index contributed by atoms with van der Waals surface area (Å²) in [5.41, 5.74) is 1.21. The quantitative estimate of drug-likeness (QED) is 0.424. The molecule has 0 fully saturated rings. The highest BCUT2D eigenvalue weighted by molar-refractivity contribution is 14.1. The zero-order valence-electron chi connectivity index (χ0n) is 8.58. The molecule has 0 radical (unpaired) electrons. The number of rotatable bonds is 6. The number of alkyl halides is 1. The van der Waals surface area contributed by atoms with Crippen LogP contribution in [-0.4, -0.2) is 24.8 Å².